The third-order valence-corrected chi connectivity index (χ3v) is 9.07. The van der Waals surface area contributed by atoms with E-state index in [-0.39, 0.29) is 35.2 Å². The number of carbonyl (C=O) groups is 2. The van der Waals surface area contributed by atoms with Crippen molar-refractivity contribution in [2.24, 2.45) is 0 Å². The van der Waals surface area contributed by atoms with Crippen LogP contribution in [0.5, 0.6) is 23.0 Å². The summed E-state index contributed by atoms with van der Waals surface area (Å²) in [5.41, 5.74) is -0.758. The molecule has 2 rings (SSSR count). The van der Waals surface area contributed by atoms with Gasteiger partial charge in [0, 0.05) is 12.8 Å². The fourth-order valence-electron chi connectivity index (χ4n) is 5.88. The lowest BCUT2D eigenvalue weighted by atomic mass is 10.1. The van der Waals surface area contributed by atoms with Crippen molar-refractivity contribution < 1.29 is 28.5 Å². The molecule has 0 aliphatic rings. The van der Waals surface area contributed by atoms with Gasteiger partial charge < -0.3 is 18.9 Å². The van der Waals surface area contributed by atoms with E-state index in [1.165, 1.54) is 114 Å². The van der Waals surface area contributed by atoms with Crippen LogP contribution in [0.4, 0.5) is 0 Å². The van der Waals surface area contributed by atoms with E-state index in [2.05, 4.69) is 13.8 Å². The highest BCUT2D eigenvalue weighted by atomic mass is 16.5. The highest BCUT2D eigenvalue weighted by molar-refractivity contribution is 5.72. The van der Waals surface area contributed by atoms with Crippen LogP contribution in [0.3, 0.4) is 0 Å². The highest BCUT2D eigenvalue weighted by Crippen LogP contribution is 2.17. The third-order valence-electron chi connectivity index (χ3n) is 9.07. The summed E-state index contributed by atoms with van der Waals surface area (Å²) >= 11 is 0. The molecular formula is C44H66O8. The van der Waals surface area contributed by atoms with E-state index < -0.39 is 11.9 Å². The second kappa shape index (κ2) is 29.9. The van der Waals surface area contributed by atoms with E-state index in [4.69, 9.17) is 18.9 Å². The van der Waals surface area contributed by atoms with Crippen molar-refractivity contribution >= 4 is 11.9 Å². The van der Waals surface area contributed by atoms with Crippen LogP contribution in [0.15, 0.2) is 58.1 Å². The monoisotopic (exact) mass is 722 g/mol. The van der Waals surface area contributed by atoms with Gasteiger partial charge in [-0.3, -0.25) is 19.2 Å². The van der Waals surface area contributed by atoms with Gasteiger partial charge in [-0.25, -0.2) is 0 Å². The molecule has 0 atom stereocenters. The van der Waals surface area contributed by atoms with Crippen molar-refractivity contribution in [3.63, 3.8) is 0 Å². The van der Waals surface area contributed by atoms with Crippen molar-refractivity contribution in [3.05, 3.63) is 69.0 Å². The molecule has 0 aromatic heterocycles. The van der Waals surface area contributed by atoms with Crippen molar-refractivity contribution in [3.8, 4) is 23.0 Å². The average Bonchev–Trinajstić information content (AvgIpc) is 3.42. The highest BCUT2D eigenvalue weighted by Gasteiger charge is 2.10. The topological polar surface area (TPSA) is 105 Å². The molecule has 52 heavy (non-hydrogen) atoms. The zero-order chi connectivity index (χ0) is 37.5. The number of hydrogen-bond acceptors (Lipinski definition) is 8. The van der Waals surface area contributed by atoms with Gasteiger partial charge in [0.1, 0.15) is 11.5 Å². The smallest absolute Gasteiger partial charge is 0.311 e. The Hall–Kier alpha value is -3.68. The quantitative estimate of drug-likeness (QED) is 0.0559. The van der Waals surface area contributed by atoms with Gasteiger partial charge in [-0.2, -0.15) is 0 Å². The van der Waals surface area contributed by atoms with E-state index >= 15 is 0 Å². The minimum atomic E-state index is -0.476. The molecule has 290 valence electrons. The summed E-state index contributed by atoms with van der Waals surface area (Å²) in [6, 6.07) is 12.3. The largest absolute Gasteiger partial charge is 0.494 e. The average molecular weight is 723 g/mol. The predicted octanol–water partition coefficient (Wildman–Crippen LogP) is 11.1. The van der Waals surface area contributed by atoms with Crippen molar-refractivity contribution in [1.82, 2.24) is 0 Å². The fourth-order valence-corrected chi connectivity index (χ4v) is 5.88. The van der Waals surface area contributed by atoms with Crippen molar-refractivity contribution in [2.75, 3.05) is 13.2 Å². The molecule has 2 aromatic rings. The standard InChI is InChI=1S/C44H66O8/c1-3-5-7-9-11-13-15-19-23-35-49-37-27-31-39(45)41(33-29-37)51-43(47)25-21-17-18-22-26-44(48)52-42-34-30-38(28-32-40(42)46)50-36-24-20-16-14-12-10-8-6-4-2/h27-34H,3-26,35-36H2,1-2H3. The summed E-state index contributed by atoms with van der Waals surface area (Å²) in [7, 11) is 0. The van der Waals surface area contributed by atoms with E-state index in [0.717, 1.165) is 25.7 Å². The van der Waals surface area contributed by atoms with E-state index in [0.29, 0.717) is 50.4 Å². The molecule has 0 fully saturated rings. The Bertz CT molecular complexity index is 1270. The summed E-state index contributed by atoms with van der Waals surface area (Å²) < 4.78 is 22.3. The molecule has 0 aliphatic heterocycles. The number of hydrogen-bond donors (Lipinski definition) is 0. The van der Waals surface area contributed by atoms with Crippen molar-refractivity contribution in [2.45, 2.75) is 168 Å². The van der Waals surface area contributed by atoms with Crippen molar-refractivity contribution in [1.29, 1.82) is 0 Å². The van der Waals surface area contributed by atoms with Crippen LogP contribution in [0.2, 0.25) is 0 Å². The molecule has 0 radical (unpaired) electrons. The number of esters is 2. The van der Waals surface area contributed by atoms with Gasteiger partial charge in [-0.15, -0.1) is 0 Å². The molecule has 8 nitrogen and oxygen atoms in total. The molecule has 0 N–H and O–H groups in total. The number of ether oxygens (including phenoxy) is 4. The number of rotatable bonds is 31. The van der Waals surface area contributed by atoms with Gasteiger partial charge in [0.15, 0.2) is 11.5 Å². The van der Waals surface area contributed by atoms with Gasteiger partial charge in [-0.1, -0.05) is 129 Å². The zero-order valence-electron chi connectivity index (χ0n) is 32.3. The lowest BCUT2D eigenvalue weighted by Crippen LogP contribution is -2.13. The Morgan fingerprint density at radius 2 is 0.712 bits per heavy atom. The molecule has 0 aliphatic carbocycles. The summed E-state index contributed by atoms with van der Waals surface area (Å²) in [5, 5.41) is 0. The van der Waals surface area contributed by atoms with E-state index in [1.54, 1.807) is 24.3 Å². The Balaban J connectivity index is 1.57. The van der Waals surface area contributed by atoms with Crippen LogP contribution in [0, 0.1) is 0 Å². The van der Waals surface area contributed by atoms with Gasteiger partial charge >= 0.3 is 11.9 Å². The molecule has 0 spiro atoms. The molecule has 0 saturated carbocycles. The first-order chi connectivity index (χ1) is 25.4. The molecule has 0 amide bonds. The molecule has 0 saturated heterocycles. The Kier molecular flexibility index (Phi) is 25.5. The molecule has 0 bridgehead atoms. The molecule has 0 heterocycles. The summed E-state index contributed by atoms with van der Waals surface area (Å²) in [6.45, 7) is 5.64. The second-order valence-electron chi connectivity index (χ2n) is 13.8. The maximum absolute atomic E-state index is 12.4. The van der Waals surface area contributed by atoms with Crippen LogP contribution in [-0.4, -0.2) is 25.2 Å². The van der Waals surface area contributed by atoms with Crippen LogP contribution < -0.4 is 29.8 Å². The Labute approximate surface area is 313 Å². The second-order valence-corrected chi connectivity index (χ2v) is 13.8. The van der Waals surface area contributed by atoms with Gasteiger partial charge in [0.25, 0.3) is 0 Å². The minimum Gasteiger partial charge on any atom is -0.494 e. The van der Waals surface area contributed by atoms with Crippen LogP contribution in [-0.2, 0) is 9.59 Å². The summed E-state index contributed by atoms with van der Waals surface area (Å²) in [4.78, 5) is 49.6. The SMILES string of the molecule is CCCCCCCCCCCOc1ccc(OC(=O)CCCCCCC(=O)Oc2ccc(OCCCCCCCCCCC)ccc2=O)c(=O)cc1. The fraction of sp³-hybridized carbons (Fsp3) is 0.636. The first-order valence-corrected chi connectivity index (χ1v) is 20.4. The molecule has 0 unspecified atom stereocenters. The summed E-state index contributed by atoms with van der Waals surface area (Å²) in [5.74, 6) is 0.157. The first-order valence-electron chi connectivity index (χ1n) is 20.4. The number of unbranched alkanes of at least 4 members (excludes halogenated alkanes) is 19. The van der Waals surface area contributed by atoms with Crippen LogP contribution in [0.1, 0.15) is 168 Å². The molecule has 2 aromatic carbocycles. The molecular weight excluding hydrogens is 656 g/mol. The first kappa shape index (κ1) is 44.5. The predicted molar refractivity (Wildman–Crippen MR) is 210 cm³/mol. The lowest BCUT2D eigenvalue weighted by Gasteiger charge is -2.05. The van der Waals surface area contributed by atoms with E-state index in [9.17, 15) is 19.2 Å². The van der Waals surface area contributed by atoms with Crippen LogP contribution in [0.25, 0.3) is 0 Å². The van der Waals surface area contributed by atoms with Gasteiger partial charge in [0.2, 0.25) is 10.9 Å². The maximum Gasteiger partial charge on any atom is 0.311 e. The zero-order valence-corrected chi connectivity index (χ0v) is 32.3. The minimum absolute atomic E-state index is 0.0183. The van der Waals surface area contributed by atoms with Crippen LogP contribution >= 0.6 is 0 Å². The summed E-state index contributed by atoms with van der Waals surface area (Å²) in [6.07, 6.45) is 25.1. The maximum atomic E-state index is 12.4. The number of carbonyl (C=O) groups excluding carboxylic acids is 2. The Morgan fingerprint density at radius 1 is 0.404 bits per heavy atom. The van der Waals surface area contributed by atoms with E-state index in [1.807, 2.05) is 0 Å². The Morgan fingerprint density at radius 3 is 1.08 bits per heavy atom. The normalized spacial score (nSPS) is 10.9. The van der Waals surface area contributed by atoms with Gasteiger partial charge in [-0.05, 0) is 74.2 Å². The molecule has 8 heteroatoms. The van der Waals surface area contributed by atoms with Gasteiger partial charge in [0.05, 0.1) is 13.2 Å². The lowest BCUT2D eigenvalue weighted by molar-refractivity contribution is -0.135. The third kappa shape index (κ3) is 22.3.